The Hall–Kier alpha value is -1.44. The maximum Gasteiger partial charge on any atom is 0.240 e. The van der Waals surface area contributed by atoms with Gasteiger partial charge in [0.25, 0.3) is 0 Å². The summed E-state index contributed by atoms with van der Waals surface area (Å²) in [7, 11) is -3.49. The quantitative estimate of drug-likeness (QED) is 0.890. The van der Waals surface area contributed by atoms with Crippen molar-refractivity contribution in [2.75, 3.05) is 5.73 Å². The number of rotatable bonds is 4. The van der Waals surface area contributed by atoms with E-state index in [1.165, 1.54) is 11.3 Å². The third-order valence-electron chi connectivity index (χ3n) is 2.34. The van der Waals surface area contributed by atoms with E-state index < -0.39 is 10.0 Å². The molecular weight excluding hydrogens is 270 g/mol. The molecule has 0 saturated heterocycles. The zero-order valence-corrected chi connectivity index (χ0v) is 11.4. The number of aromatic nitrogens is 1. The van der Waals surface area contributed by atoms with Gasteiger partial charge in [0.2, 0.25) is 10.0 Å². The molecule has 0 radical (unpaired) electrons. The smallest absolute Gasteiger partial charge is 0.240 e. The number of hydrogen-bond acceptors (Lipinski definition) is 5. The van der Waals surface area contributed by atoms with E-state index in [0.29, 0.717) is 10.8 Å². The third kappa shape index (κ3) is 3.06. The van der Waals surface area contributed by atoms with E-state index >= 15 is 0 Å². The summed E-state index contributed by atoms with van der Waals surface area (Å²) in [6.07, 6.45) is 0. The first-order valence-electron chi connectivity index (χ1n) is 5.23. The van der Waals surface area contributed by atoms with Gasteiger partial charge in [0.1, 0.15) is 0 Å². The molecule has 1 heterocycles. The summed E-state index contributed by atoms with van der Waals surface area (Å²) in [5, 5.41) is 2.16. The summed E-state index contributed by atoms with van der Waals surface area (Å²) < 4.78 is 26.4. The molecule has 0 fully saturated rings. The van der Waals surface area contributed by atoms with Gasteiger partial charge in [-0.15, -0.1) is 11.3 Å². The molecule has 0 bridgehead atoms. The molecule has 0 amide bonds. The summed E-state index contributed by atoms with van der Waals surface area (Å²) in [5.74, 6) is 0. The number of nitrogens with one attached hydrogen (secondary N) is 1. The molecule has 0 aliphatic heterocycles. The largest absolute Gasteiger partial charge is 0.375 e. The first-order valence-corrected chi connectivity index (χ1v) is 7.60. The SMILES string of the molecule is Cc1ccc(S(=O)(=O)NCc2csc(N)n2)cc1. The molecule has 0 unspecified atom stereocenters. The third-order valence-corrected chi connectivity index (χ3v) is 4.48. The average molecular weight is 283 g/mol. The van der Waals surface area contributed by atoms with Gasteiger partial charge in [-0.1, -0.05) is 17.7 Å². The van der Waals surface area contributed by atoms with E-state index in [9.17, 15) is 8.42 Å². The Labute approximate surface area is 110 Å². The Morgan fingerprint density at radius 2 is 2.00 bits per heavy atom. The van der Waals surface area contributed by atoms with Crippen LogP contribution in [0.4, 0.5) is 5.13 Å². The van der Waals surface area contributed by atoms with Crippen LogP contribution in [0.15, 0.2) is 34.5 Å². The predicted octanol–water partition coefficient (Wildman–Crippen LogP) is 1.51. The van der Waals surface area contributed by atoms with E-state index in [1.807, 2.05) is 6.92 Å². The highest BCUT2D eigenvalue weighted by atomic mass is 32.2. The lowest BCUT2D eigenvalue weighted by Crippen LogP contribution is -2.23. The summed E-state index contributed by atoms with van der Waals surface area (Å²) in [6.45, 7) is 2.05. The Bertz CT molecular complexity index is 633. The second-order valence-electron chi connectivity index (χ2n) is 3.81. The summed E-state index contributed by atoms with van der Waals surface area (Å²) in [6, 6.07) is 6.67. The van der Waals surface area contributed by atoms with Crippen LogP contribution >= 0.6 is 11.3 Å². The van der Waals surface area contributed by atoms with Gasteiger partial charge in [-0.05, 0) is 19.1 Å². The van der Waals surface area contributed by atoms with Crippen molar-refractivity contribution in [1.82, 2.24) is 9.71 Å². The second-order valence-corrected chi connectivity index (χ2v) is 6.47. The minimum Gasteiger partial charge on any atom is -0.375 e. The van der Waals surface area contributed by atoms with Gasteiger partial charge < -0.3 is 5.73 Å². The van der Waals surface area contributed by atoms with Crippen molar-refractivity contribution in [3.63, 3.8) is 0 Å². The number of nitrogen functional groups attached to an aromatic ring is 1. The molecular formula is C11H13N3O2S2. The monoisotopic (exact) mass is 283 g/mol. The number of hydrogen-bond donors (Lipinski definition) is 2. The van der Waals surface area contributed by atoms with Crippen LogP contribution in [0.2, 0.25) is 0 Å². The molecule has 0 aliphatic rings. The molecule has 0 saturated carbocycles. The summed E-state index contributed by atoms with van der Waals surface area (Å²) in [5.41, 5.74) is 7.11. The fourth-order valence-electron chi connectivity index (χ4n) is 1.37. The van der Waals surface area contributed by atoms with Gasteiger partial charge >= 0.3 is 0 Å². The highest BCUT2D eigenvalue weighted by molar-refractivity contribution is 7.89. The first kappa shape index (κ1) is 13.0. The molecule has 5 nitrogen and oxygen atoms in total. The van der Waals surface area contributed by atoms with Crippen molar-refractivity contribution in [1.29, 1.82) is 0 Å². The number of nitrogens with zero attached hydrogens (tertiary/aromatic N) is 1. The van der Waals surface area contributed by atoms with E-state index in [0.717, 1.165) is 5.56 Å². The molecule has 1 aromatic carbocycles. The zero-order chi connectivity index (χ0) is 13.2. The van der Waals surface area contributed by atoms with E-state index in [-0.39, 0.29) is 11.4 Å². The maximum absolute atomic E-state index is 12.0. The van der Waals surface area contributed by atoms with Crippen LogP contribution in [-0.4, -0.2) is 13.4 Å². The van der Waals surface area contributed by atoms with Gasteiger partial charge in [-0.3, -0.25) is 0 Å². The Morgan fingerprint density at radius 3 is 2.56 bits per heavy atom. The van der Waals surface area contributed by atoms with Crippen molar-refractivity contribution in [2.24, 2.45) is 0 Å². The number of anilines is 1. The number of thiazole rings is 1. The topological polar surface area (TPSA) is 85.1 Å². The predicted molar refractivity (Wildman–Crippen MR) is 71.7 cm³/mol. The zero-order valence-electron chi connectivity index (χ0n) is 9.75. The molecule has 96 valence electrons. The van der Waals surface area contributed by atoms with E-state index in [1.54, 1.807) is 29.6 Å². The van der Waals surface area contributed by atoms with Gasteiger partial charge in [0.05, 0.1) is 17.1 Å². The van der Waals surface area contributed by atoms with Gasteiger partial charge in [0, 0.05) is 5.38 Å². The fraction of sp³-hybridized carbons (Fsp3) is 0.182. The molecule has 0 aliphatic carbocycles. The lowest BCUT2D eigenvalue weighted by atomic mass is 10.2. The second kappa shape index (κ2) is 5.05. The molecule has 1 aromatic heterocycles. The number of benzene rings is 1. The summed E-state index contributed by atoms with van der Waals surface area (Å²) >= 11 is 1.28. The van der Waals surface area contributed by atoms with Crippen LogP contribution < -0.4 is 10.5 Å². The van der Waals surface area contributed by atoms with Gasteiger partial charge in [-0.25, -0.2) is 18.1 Å². The Kier molecular flexibility index (Phi) is 3.65. The van der Waals surface area contributed by atoms with Crippen molar-refractivity contribution >= 4 is 26.5 Å². The van der Waals surface area contributed by atoms with E-state index in [4.69, 9.17) is 5.73 Å². The van der Waals surface area contributed by atoms with Crippen LogP contribution in [0.25, 0.3) is 0 Å². The van der Waals surface area contributed by atoms with Crippen molar-refractivity contribution in [3.8, 4) is 0 Å². The first-order chi connectivity index (χ1) is 8.47. The Morgan fingerprint density at radius 1 is 1.33 bits per heavy atom. The number of nitrogens with two attached hydrogens (primary N) is 1. The molecule has 2 aromatic rings. The average Bonchev–Trinajstić information content (AvgIpc) is 2.73. The standard InChI is InChI=1S/C11H13N3O2S2/c1-8-2-4-10(5-3-8)18(15,16)13-6-9-7-17-11(12)14-9/h2-5,7,13H,6H2,1H3,(H2,12,14). The van der Waals surface area contributed by atoms with Crippen molar-refractivity contribution in [2.45, 2.75) is 18.4 Å². The van der Waals surface area contributed by atoms with Crippen LogP contribution in [-0.2, 0) is 16.6 Å². The Balaban J connectivity index is 2.10. The van der Waals surface area contributed by atoms with Crippen LogP contribution in [0, 0.1) is 6.92 Å². The molecule has 18 heavy (non-hydrogen) atoms. The van der Waals surface area contributed by atoms with E-state index in [2.05, 4.69) is 9.71 Å². The van der Waals surface area contributed by atoms with Crippen molar-refractivity contribution in [3.05, 3.63) is 40.9 Å². The lowest BCUT2D eigenvalue weighted by Gasteiger charge is -2.05. The normalized spacial score (nSPS) is 11.6. The van der Waals surface area contributed by atoms with Crippen LogP contribution in [0.5, 0.6) is 0 Å². The number of aryl methyl sites for hydroxylation is 1. The molecule has 2 rings (SSSR count). The highest BCUT2D eigenvalue weighted by Crippen LogP contribution is 2.13. The molecule has 7 heteroatoms. The number of sulfonamides is 1. The van der Waals surface area contributed by atoms with Gasteiger partial charge in [-0.2, -0.15) is 0 Å². The minimum absolute atomic E-state index is 0.143. The minimum atomic E-state index is -3.49. The van der Waals surface area contributed by atoms with Crippen LogP contribution in [0.1, 0.15) is 11.3 Å². The maximum atomic E-state index is 12.0. The highest BCUT2D eigenvalue weighted by Gasteiger charge is 2.13. The van der Waals surface area contributed by atoms with Gasteiger partial charge in [0.15, 0.2) is 5.13 Å². The molecule has 3 N–H and O–H groups in total. The summed E-state index contributed by atoms with van der Waals surface area (Å²) in [4.78, 5) is 4.24. The van der Waals surface area contributed by atoms with Crippen molar-refractivity contribution < 1.29 is 8.42 Å². The fourth-order valence-corrected chi connectivity index (χ4v) is 2.94. The molecule has 0 atom stereocenters. The molecule has 0 spiro atoms. The van der Waals surface area contributed by atoms with Crippen LogP contribution in [0.3, 0.4) is 0 Å². The lowest BCUT2D eigenvalue weighted by molar-refractivity contribution is 0.580.